The zero-order chi connectivity index (χ0) is 18.6. The first-order valence-corrected chi connectivity index (χ1v) is 9.75. The van der Waals surface area contributed by atoms with Gasteiger partial charge in [-0.05, 0) is 43.3 Å². The Labute approximate surface area is 165 Å². The maximum absolute atomic E-state index is 12.7. The minimum absolute atomic E-state index is 0. The molecule has 3 rings (SSSR count). The molecule has 2 aromatic carbocycles. The Morgan fingerprint density at radius 2 is 1.96 bits per heavy atom. The number of anilines is 1. The lowest BCUT2D eigenvalue weighted by molar-refractivity contribution is 0.0940. The fourth-order valence-corrected chi connectivity index (χ4v) is 3.90. The highest BCUT2D eigenvalue weighted by atomic mass is 35.5. The predicted molar refractivity (Wildman–Crippen MR) is 106 cm³/mol. The number of rotatable bonds is 6. The molecule has 1 saturated heterocycles. The summed E-state index contributed by atoms with van der Waals surface area (Å²) in [4.78, 5) is 12.4. The summed E-state index contributed by atoms with van der Waals surface area (Å²) in [5.74, 6) is 0.131. The summed E-state index contributed by atoms with van der Waals surface area (Å²) in [6.07, 6.45) is 0.860. The van der Waals surface area contributed by atoms with E-state index in [9.17, 15) is 13.2 Å². The topological polar surface area (TPSA) is 96.5 Å². The van der Waals surface area contributed by atoms with Crippen molar-refractivity contribution in [3.8, 4) is 5.75 Å². The van der Waals surface area contributed by atoms with Crippen molar-refractivity contribution in [3.05, 3.63) is 54.1 Å². The highest BCUT2D eigenvalue weighted by Gasteiger charge is 2.20. The van der Waals surface area contributed by atoms with Gasteiger partial charge in [0, 0.05) is 18.2 Å². The van der Waals surface area contributed by atoms with Gasteiger partial charge in [0.25, 0.3) is 15.9 Å². The monoisotopic (exact) mass is 411 g/mol. The van der Waals surface area contributed by atoms with E-state index in [4.69, 9.17) is 4.74 Å². The van der Waals surface area contributed by atoms with Crippen molar-refractivity contribution in [2.24, 2.45) is 0 Å². The largest absolute Gasteiger partial charge is 0.495 e. The van der Waals surface area contributed by atoms with Gasteiger partial charge in [-0.15, -0.1) is 12.4 Å². The predicted octanol–water partition coefficient (Wildman–Crippen LogP) is 2.01. The number of carbonyl (C=O) groups is 1. The van der Waals surface area contributed by atoms with Crippen molar-refractivity contribution >= 4 is 34.0 Å². The Morgan fingerprint density at radius 3 is 2.67 bits per heavy atom. The summed E-state index contributed by atoms with van der Waals surface area (Å²) in [5, 5.41) is 6.08. The van der Waals surface area contributed by atoms with Crippen LogP contribution in [0, 0.1) is 0 Å². The van der Waals surface area contributed by atoms with E-state index >= 15 is 0 Å². The van der Waals surface area contributed by atoms with E-state index < -0.39 is 10.0 Å². The molecule has 1 aliphatic heterocycles. The molecular formula is C18H22ClN3O4S. The molecule has 27 heavy (non-hydrogen) atoms. The van der Waals surface area contributed by atoms with E-state index in [1.807, 2.05) is 0 Å². The molecule has 146 valence electrons. The van der Waals surface area contributed by atoms with E-state index in [2.05, 4.69) is 15.4 Å². The van der Waals surface area contributed by atoms with Crippen LogP contribution in [0.2, 0.25) is 0 Å². The van der Waals surface area contributed by atoms with Crippen LogP contribution in [0.5, 0.6) is 5.75 Å². The van der Waals surface area contributed by atoms with Gasteiger partial charge in [0.1, 0.15) is 5.75 Å². The fraction of sp³-hybridized carbons (Fsp3) is 0.278. The number of nitrogens with one attached hydrogen (secondary N) is 3. The molecule has 1 heterocycles. The summed E-state index contributed by atoms with van der Waals surface area (Å²) in [5.41, 5.74) is 0.640. The number of methoxy groups -OCH3 is 1. The summed E-state index contributed by atoms with van der Waals surface area (Å²) >= 11 is 0. The van der Waals surface area contributed by atoms with Gasteiger partial charge >= 0.3 is 0 Å². The van der Waals surface area contributed by atoms with E-state index in [0.717, 1.165) is 19.5 Å². The number of carbonyl (C=O) groups excluding carboxylic acids is 1. The molecule has 0 bridgehead atoms. The number of hydrogen-bond donors (Lipinski definition) is 3. The highest BCUT2D eigenvalue weighted by molar-refractivity contribution is 7.92. The van der Waals surface area contributed by atoms with Crippen LogP contribution >= 0.6 is 12.4 Å². The first-order chi connectivity index (χ1) is 12.5. The van der Waals surface area contributed by atoms with Crippen LogP contribution < -0.4 is 20.1 Å². The second-order valence-electron chi connectivity index (χ2n) is 6.00. The van der Waals surface area contributed by atoms with E-state index in [1.54, 1.807) is 36.4 Å². The SMILES string of the molecule is COc1ccccc1NS(=O)(=O)c1cccc(C(=O)NC2CCNC2)c1.Cl. The number of para-hydroxylation sites is 2. The van der Waals surface area contributed by atoms with Crippen LogP contribution in [0.25, 0.3) is 0 Å². The smallest absolute Gasteiger partial charge is 0.262 e. The first-order valence-electron chi connectivity index (χ1n) is 8.27. The number of benzene rings is 2. The molecule has 0 aliphatic carbocycles. The fourth-order valence-electron chi connectivity index (χ4n) is 2.78. The molecule has 2 aromatic rings. The van der Waals surface area contributed by atoms with E-state index in [0.29, 0.717) is 17.0 Å². The summed E-state index contributed by atoms with van der Waals surface area (Å²) < 4.78 is 33.0. The van der Waals surface area contributed by atoms with Crippen molar-refractivity contribution in [2.75, 3.05) is 24.9 Å². The summed E-state index contributed by atoms with van der Waals surface area (Å²) in [6.45, 7) is 1.58. The molecule has 3 N–H and O–H groups in total. The van der Waals surface area contributed by atoms with Crippen LogP contribution in [0.4, 0.5) is 5.69 Å². The first kappa shape index (κ1) is 21.0. The Hall–Kier alpha value is -2.29. The second-order valence-corrected chi connectivity index (χ2v) is 7.68. The molecular weight excluding hydrogens is 390 g/mol. The van der Waals surface area contributed by atoms with Crippen molar-refractivity contribution in [1.29, 1.82) is 0 Å². The molecule has 1 aliphatic rings. The van der Waals surface area contributed by atoms with Crippen molar-refractivity contribution in [3.63, 3.8) is 0 Å². The van der Waals surface area contributed by atoms with E-state index in [1.165, 1.54) is 19.2 Å². The van der Waals surface area contributed by atoms with Crippen LogP contribution in [0.3, 0.4) is 0 Å². The van der Waals surface area contributed by atoms with Crippen LogP contribution in [-0.4, -0.2) is 40.6 Å². The van der Waals surface area contributed by atoms with Crippen molar-refractivity contribution in [1.82, 2.24) is 10.6 Å². The number of halogens is 1. The Kier molecular flexibility index (Phi) is 7.06. The van der Waals surface area contributed by atoms with Gasteiger partial charge in [0.2, 0.25) is 0 Å². The third kappa shape index (κ3) is 5.12. The molecule has 0 aromatic heterocycles. The quantitative estimate of drug-likeness (QED) is 0.675. The summed E-state index contributed by atoms with van der Waals surface area (Å²) in [6, 6.07) is 12.8. The molecule has 1 fully saturated rings. The van der Waals surface area contributed by atoms with Gasteiger partial charge in [-0.25, -0.2) is 8.42 Å². The molecule has 0 spiro atoms. The van der Waals surface area contributed by atoms with Gasteiger partial charge in [-0.3, -0.25) is 9.52 Å². The minimum atomic E-state index is -3.85. The number of sulfonamides is 1. The lowest BCUT2D eigenvalue weighted by atomic mass is 10.2. The Balaban J connectivity index is 0.00000261. The maximum Gasteiger partial charge on any atom is 0.262 e. The van der Waals surface area contributed by atoms with Gasteiger partial charge in [0.15, 0.2) is 0 Å². The second kappa shape index (κ2) is 9.07. The molecule has 0 saturated carbocycles. The van der Waals surface area contributed by atoms with Crippen molar-refractivity contribution < 1.29 is 17.9 Å². The normalized spacial score (nSPS) is 16.3. The highest BCUT2D eigenvalue weighted by Crippen LogP contribution is 2.26. The standard InChI is InChI=1S/C18H21N3O4S.ClH/c1-25-17-8-3-2-7-16(17)21-26(23,24)15-6-4-5-13(11-15)18(22)20-14-9-10-19-12-14;/h2-8,11,14,19,21H,9-10,12H2,1H3,(H,20,22);1H. The molecule has 1 unspecified atom stereocenters. The average Bonchev–Trinajstić information content (AvgIpc) is 3.15. The van der Waals surface area contributed by atoms with Gasteiger partial charge in [-0.1, -0.05) is 18.2 Å². The zero-order valence-corrected chi connectivity index (χ0v) is 16.4. The van der Waals surface area contributed by atoms with Crippen LogP contribution in [0.15, 0.2) is 53.4 Å². The maximum atomic E-state index is 12.7. The lowest BCUT2D eigenvalue weighted by Gasteiger charge is -2.13. The van der Waals surface area contributed by atoms with E-state index in [-0.39, 0.29) is 29.3 Å². The van der Waals surface area contributed by atoms with Crippen molar-refractivity contribution in [2.45, 2.75) is 17.4 Å². The average molecular weight is 412 g/mol. The minimum Gasteiger partial charge on any atom is -0.495 e. The number of hydrogen-bond acceptors (Lipinski definition) is 5. The third-order valence-electron chi connectivity index (χ3n) is 4.15. The Morgan fingerprint density at radius 1 is 1.19 bits per heavy atom. The molecule has 0 radical (unpaired) electrons. The third-order valence-corrected chi connectivity index (χ3v) is 5.52. The summed E-state index contributed by atoms with van der Waals surface area (Å²) in [7, 11) is -2.38. The molecule has 1 amide bonds. The number of ether oxygens (including phenoxy) is 1. The zero-order valence-electron chi connectivity index (χ0n) is 14.8. The van der Waals surface area contributed by atoms with Crippen LogP contribution in [0.1, 0.15) is 16.8 Å². The van der Waals surface area contributed by atoms with Gasteiger partial charge < -0.3 is 15.4 Å². The Bertz CT molecular complexity index is 899. The lowest BCUT2D eigenvalue weighted by Crippen LogP contribution is -2.36. The van der Waals surface area contributed by atoms with Gasteiger partial charge in [0.05, 0.1) is 17.7 Å². The molecule has 7 nitrogen and oxygen atoms in total. The molecule has 1 atom stereocenters. The molecule has 9 heteroatoms. The van der Waals surface area contributed by atoms with Crippen LogP contribution in [-0.2, 0) is 10.0 Å². The van der Waals surface area contributed by atoms with Gasteiger partial charge in [-0.2, -0.15) is 0 Å². The number of amides is 1.